The number of hydrogen-bond acceptors (Lipinski definition) is 4. The van der Waals surface area contributed by atoms with Crippen LogP contribution in [0.4, 0.5) is 9.59 Å². The maximum Gasteiger partial charge on any atom is 0.407 e. The largest absolute Gasteiger partial charge is 0.444 e. The first-order chi connectivity index (χ1) is 7.20. The van der Waals surface area contributed by atoms with E-state index in [1.807, 2.05) is 5.32 Å². The second kappa shape index (κ2) is 5.94. The van der Waals surface area contributed by atoms with Crippen LogP contribution < -0.4 is 16.4 Å². The molecular formula is C9H17N3O4. The Morgan fingerprint density at radius 2 is 1.81 bits per heavy atom. The van der Waals surface area contributed by atoms with E-state index in [1.54, 1.807) is 20.8 Å². The summed E-state index contributed by atoms with van der Waals surface area (Å²) in [5.41, 5.74) is 4.14. The number of carbonyl (C=O) groups excluding carboxylic acids is 3. The first-order valence-corrected chi connectivity index (χ1v) is 4.77. The van der Waals surface area contributed by atoms with Crippen LogP contribution in [0.25, 0.3) is 0 Å². The molecule has 0 rings (SSSR count). The average molecular weight is 231 g/mol. The third-order valence-electron chi connectivity index (χ3n) is 1.28. The summed E-state index contributed by atoms with van der Waals surface area (Å²) < 4.78 is 4.93. The highest BCUT2D eigenvalue weighted by Crippen LogP contribution is 2.06. The Hall–Kier alpha value is -1.79. The molecule has 0 aromatic carbocycles. The molecule has 16 heavy (non-hydrogen) atoms. The van der Waals surface area contributed by atoms with E-state index in [9.17, 15) is 14.4 Å². The van der Waals surface area contributed by atoms with Gasteiger partial charge in [-0.05, 0) is 20.8 Å². The molecule has 0 fully saturated rings. The first kappa shape index (κ1) is 14.2. The third-order valence-corrected chi connectivity index (χ3v) is 1.28. The molecule has 0 radical (unpaired) electrons. The van der Waals surface area contributed by atoms with Crippen LogP contribution in [0.3, 0.4) is 0 Å². The smallest absolute Gasteiger partial charge is 0.407 e. The van der Waals surface area contributed by atoms with E-state index in [1.165, 1.54) is 0 Å². The van der Waals surface area contributed by atoms with Gasteiger partial charge in [0.05, 0.1) is 0 Å². The monoisotopic (exact) mass is 231 g/mol. The van der Waals surface area contributed by atoms with Gasteiger partial charge < -0.3 is 15.8 Å². The summed E-state index contributed by atoms with van der Waals surface area (Å²) in [6.07, 6.45) is -0.651. The SMILES string of the molecule is CC(C)(C)OC(=O)NCCC(=O)NC(N)=O. The summed E-state index contributed by atoms with van der Waals surface area (Å²) in [6.45, 7) is 5.26. The number of primary amides is 1. The van der Waals surface area contributed by atoms with Crippen molar-refractivity contribution in [3.63, 3.8) is 0 Å². The third kappa shape index (κ3) is 8.79. The Morgan fingerprint density at radius 3 is 2.25 bits per heavy atom. The number of rotatable bonds is 3. The number of nitrogens with two attached hydrogens (primary N) is 1. The quantitative estimate of drug-likeness (QED) is 0.639. The number of amides is 4. The molecule has 4 N–H and O–H groups in total. The van der Waals surface area contributed by atoms with Gasteiger partial charge >= 0.3 is 12.1 Å². The lowest BCUT2D eigenvalue weighted by Crippen LogP contribution is -2.38. The van der Waals surface area contributed by atoms with Crippen molar-refractivity contribution in [1.82, 2.24) is 10.6 Å². The topological polar surface area (TPSA) is 111 Å². The lowest BCUT2D eigenvalue weighted by Gasteiger charge is -2.19. The second-order valence-electron chi connectivity index (χ2n) is 4.09. The second-order valence-corrected chi connectivity index (χ2v) is 4.09. The van der Waals surface area contributed by atoms with Gasteiger partial charge in [0.1, 0.15) is 5.60 Å². The Morgan fingerprint density at radius 1 is 1.25 bits per heavy atom. The molecule has 0 aliphatic rings. The number of ether oxygens (including phenoxy) is 1. The predicted octanol–water partition coefficient (Wildman–Crippen LogP) is 0.0961. The van der Waals surface area contributed by atoms with Gasteiger partial charge in [0.25, 0.3) is 0 Å². The highest BCUT2D eigenvalue weighted by Gasteiger charge is 2.15. The van der Waals surface area contributed by atoms with Crippen LogP contribution in [0.2, 0.25) is 0 Å². The van der Waals surface area contributed by atoms with Gasteiger partial charge in [0, 0.05) is 13.0 Å². The molecule has 0 spiro atoms. The zero-order chi connectivity index (χ0) is 12.8. The Kier molecular flexibility index (Phi) is 5.27. The Balaban J connectivity index is 3.70. The van der Waals surface area contributed by atoms with Crippen LogP contribution in [0.5, 0.6) is 0 Å². The van der Waals surface area contributed by atoms with Crippen molar-refractivity contribution in [3.8, 4) is 0 Å². The van der Waals surface area contributed by atoms with Gasteiger partial charge in [0.15, 0.2) is 0 Å². The summed E-state index contributed by atoms with van der Waals surface area (Å²) in [5, 5.41) is 4.24. The zero-order valence-electron chi connectivity index (χ0n) is 9.62. The summed E-state index contributed by atoms with van der Waals surface area (Å²) in [4.78, 5) is 32.3. The fraction of sp³-hybridized carbons (Fsp3) is 0.667. The standard InChI is InChI=1S/C9H17N3O4/c1-9(2,3)16-8(15)11-5-4-6(13)12-7(10)14/h4-5H2,1-3H3,(H,11,15)(H3,10,12,13,14). The molecule has 0 heterocycles. The van der Waals surface area contributed by atoms with Crippen molar-refractivity contribution >= 4 is 18.0 Å². The number of carbonyl (C=O) groups is 3. The Bertz CT molecular complexity index is 283. The molecule has 0 aliphatic carbocycles. The van der Waals surface area contributed by atoms with Crippen molar-refractivity contribution in [3.05, 3.63) is 0 Å². The minimum Gasteiger partial charge on any atom is -0.444 e. The van der Waals surface area contributed by atoms with Crippen LogP contribution in [0, 0.1) is 0 Å². The molecule has 0 atom stereocenters. The first-order valence-electron chi connectivity index (χ1n) is 4.77. The summed E-state index contributed by atoms with van der Waals surface area (Å²) in [7, 11) is 0. The summed E-state index contributed by atoms with van der Waals surface area (Å²) in [5.74, 6) is -0.552. The van der Waals surface area contributed by atoms with E-state index in [4.69, 9.17) is 10.5 Å². The van der Waals surface area contributed by atoms with E-state index >= 15 is 0 Å². The molecule has 7 nitrogen and oxygen atoms in total. The number of hydrogen-bond donors (Lipinski definition) is 3. The molecule has 0 aliphatic heterocycles. The van der Waals surface area contributed by atoms with Gasteiger partial charge in [-0.15, -0.1) is 0 Å². The molecular weight excluding hydrogens is 214 g/mol. The minimum atomic E-state index is -0.915. The predicted molar refractivity (Wildman–Crippen MR) is 56.6 cm³/mol. The zero-order valence-corrected chi connectivity index (χ0v) is 9.62. The Labute approximate surface area is 93.7 Å². The fourth-order valence-electron chi connectivity index (χ4n) is 0.792. The molecule has 0 unspecified atom stereocenters. The van der Waals surface area contributed by atoms with Crippen LogP contribution in [0.15, 0.2) is 0 Å². The molecule has 0 saturated heterocycles. The van der Waals surface area contributed by atoms with Crippen LogP contribution >= 0.6 is 0 Å². The van der Waals surface area contributed by atoms with Gasteiger partial charge in [-0.3, -0.25) is 10.1 Å². The lowest BCUT2D eigenvalue weighted by atomic mass is 10.2. The van der Waals surface area contributed by atoms with Gasteiger partial charge in [-0.1, -0.05) is 0 Å². The van der Waals surface area contributed by atoms with E-state index in [2.05, 4.69) is 5.32 Å². The van der Waals surface area contributed by atoms with E-state index in [0.29, 0.717) is 0 Å². The lowest BCUT2D eigenvalue weighted by molar-refractivity contribution is -0.119. The van der Waals surface area contributed by atoms with Gasteiger partial charge in [-0.2, -0.15) is 0 Å². The maximum absolute atomic E-state index is 11.1. The fourth-order valence-corrected chi connectivity index (χ4v) is 0.792. The highest BCUT2D eigenvalue weighted by atomic mass is 16.6. The number of nitrogens with one attached hydrogen (secondary N) is 2. The number of alkyl carbamates (subject to hydrolysis) is 1. The van der Waals surface area contributed by atoms with Crippen molar-refractivity contribution in [2.24, 2.45) is 5.73 Å². The highest BCUT2D eigenvalue weighted by molar-refractivity contribution is 5.93. The molecule has 0 bridgehead atoms. The summed E-state index contributed by atoms with van der Waals surface area (Å²) >= 11 is 0. The number of urea groups is 1. The normalized spacial score (nSPS) is 10.4. The van der Waals surface area contributed by atoms with Gasteiger partial charge in [-0.25, -0.2) is 9.59 Å². The molecule has 0 aromatic heterocycles. The van der Waals surface area contributed by atoms with E-state index < -0.39 is 23.6 Å². The molecule has 0 saturated carbocycles. The van der Waals surface area contributed by atoms with Crippen molar-refractivity contribution in [2.45, 2.75) is 32.8 Å². The van der Waals surface area contributed by atoms with Crippen LogP contribution in [-0.4, -0.2) is 30.2 Å². The van der Waals surface area contributed by atoms with Gasteiger partial charge in [0.2, 0.25) is 5.91 Å². The number of imide groups is 1. The van der Waals surface area contributed by atoms with Crippen molar-refractivity contribution < 1.29 is 19.1 Å². The van der Waals surface area contributed by atoms with Crippen molar-refractivity contribution in [1.29, 1.82) is 0 Å². The minimum absolute atomic E-state index is 0.0395. The summed E-state index contributed by atoms with van der Waals surface area (Å²) in [6, 6.07) is -0.915. The average Bonchev–Trinajstić information content (AvgIpc) is 1.98. The molecule has 92 valence electrons. The van der Waals surface area contributed by atoms with E-state index in [0.717, 1.165) is 0 Å². The van der Waals surface area contributed by atoms with Crippen LogP contribution in [-0.2, 0) is 9.53 Å². The maximum atomic E-state index is 11.1. The van der Waals surface area contributed by atoms with E-state index in [-0.39, 0.29) is 13.0 Å². The van der Waals surface area contributed by atoms with Crippen LogP contribution in [0.1, 0.15) is 27.2 Å². The molecule has 7 heteroatoms. The molecule has 4 amide bonds. The molecule has 0 aromatic rings. The van der Waals surface area contributed by atoms with Crippen molar-refractivity contribution in [2.75, 3.05) is 6.54 Å².